The predicted molar refractivity (Wildman–Crippen MR) is 67.0 cm³/mol. The first-order valence-electron chi connectivity index (χ1n) is 6.72. The van der Waals surface area contributed by atoms with Gasteiger partial charge in [0.25, 0.3) is 5.91 Å². The van der Waals surface area contributed by atoms with Gasteiger partial charge in [0.2, 0.25) is 0 Å². The zero-order valence-corrected chi connectivity index (χ0v) is 11.3. The molecule has 2 saturated heterocycles. The van der Waals surface area contributed by atoms with Crippen LogP contribution in [0.2, 0.25) is 0 Å². The monoisotopic (exact) mass is 254 g/mol. The van der Waals surface area contributed by atoms with Crippen LogP contribution in [0.4, 0.5) is 4.79 Å². The third-order valence-electron chi connectivity index (χ3n) is 3.81. The van der Waals surface area contributed by atoms with Gasteiger partial charge in [0.05, 0.1) is 6.61 Å². The van der Waals surface area contributed by atoms with Crippen LogP contribution in [0.3, 0.4) is 0 Å². The summed E-state index contributed by atoms with van der Waals surface area (Å²) in [5.41, 5.74) is 0. The molecule has 3 atom stereocenters. The van der Waals surface area contributed by atoms with E-state index in [2.05, 4.69) is 19.2 Å². The Balaban J connectivity index is 2.03. The number of amides is 3. The Hall–Kier alpha value is -1.10. The van der Waals surface area contributed by atoms with Crippen molar-refractivity contribution < 1.29 is 14.3 Å². The van der Waals surface area contributed by atoms with Gasteiger partial charge in [0.1, 0.15) is 6.04 Å². The number of imide groups is 1. The van der Waals surface area contributed by atoms with E-state index in [-0.39, 0.29) is 29.9 Å². The largest absolute Gasteiger partial charge is 0.381 e. The van der Waals surface area contributed by atoms with Gasteiger partial charge in [-0.3, -0.25) is 9.69 Å². The summed E-state index contributed by atoms with van der Waals surface area (Å²) in [5, 5.41) is 2.79. The molecule has 3 unspecified atom stereocenters. The Labute approximate surface area is 108 Å². The van der Waals surface area contributed by atoms with Gasteiger partial charge in [-0.05, 0) is 25.7 Å². The second-order valence-corrected chi connectivity index (χ2v) is 5.70. The average molecular weight is 254 g/mol. The number of ether oxygens (including phenoxy) is 1. The number of hydrogen-bond acceptors (Lipinski definition) is 3. The SMILES string of the molecule is CC(C)CC1NC(=O)N(C(C)C2CCOC2)C1=O. The molecular weight excluding hydrogens is 232 g/mol. The number of nitrogens with zero attached hydrogens (tertiary/aromatic N) is 1. The van der Waals surface area contributed by atoms with Crippen molar-refractivity contribution in [3.05, 3.63) is 0 Å². The molecule has 0 aliphatic carbocycles. The van der Waals surface area contributed by atoms with E-state index in [1.54, 1.807) is 0 Å². The van der Waals surface area contributed by atoms with E-state index >= 15 is 0 Å². The van der Waals surface area contributed by atoms with Crippen LogP contribution in [0, 0.1) is 11.8 Å². The van der Waals surface area contributed by atoms with Gasteiger partial charge in [-0.15, -0.1) is 0 Å². The normalized spacial score (nSPS) is 30.1. The number of hydrogen-bond donors (Lipinski definition) is 1. The quantitative estimate of drug-likeness (QED) is 0.771. The first kappa shape index (κ1) is 13.3. The van der Waals surface area contributed by atoms with Crippen molar-refractivity contribution >= 4 is 11.9 Å². The van der Waals surface area contributed by atoms with Crippen LogP contribution in [0.15, 0.2) is 0 Å². The molecule has 2 aliphatic rings. The maximum atomic E-state index is 12.3. The molecule has 3 amide bonds. The molecule has 0 spiro atoms. The van der Waals surface area contributed by atoms with Crippen molar-refractivity contribution in [2.45, 2.75) is 45.7 Å². The lowest BCUT2D eigenvalue weighted by Crippen LogP contribution is -2.43. The molecule has 0 radical (unpaired) electrons. The number of carbonyl (C=O) groups excluding carboxylic acids is 2. The Morgan fingerprint density at radius 1 is 1.39 bits per heavy atom. The fraction of sp³-hybridized carbons (Fsp3) is 0.846. The molecule has 0 aromatic heterocycles. The van der Waals surface area contributed by atoms with Crippen LogP contribution in [-0.4, -0.2) is 42.1 Å². The lowest BCUT2D eigenvalue weighted by atomic mass is 9.98. The summed E-state index contributed by atoms with van der Waals surface area (Å²) >= 11 is 0. The first-order valence-corrected chi connectivity index (χ1v) is 6.72. The van der Waals surface area contributed by atoms with Crippen molar-refractivity contribution in [3.63, 3.8) is 0 Å². The van der Waals surface area contributed by atoms with Crippen LogP contribution in [0.5, 0.6) is 0 Å². The Kier molecular flexibility index (Phi) is 3.90. The summed E-state index contributed by atoms with van der Waals surface area (Å²) in [6.07, 6.45) is 1.63. The number of urea groups is 1. The molecule has 0 saturated carbocycles. The molecule has 0 bridgehead atoms. The van der Waals surface area contributed by atoms with Crippen molar-refractivity contribution in [3.8, 4) is 0 Å². The van der Waals surface area contributed by atoms with Gasteiger partial charge in [0, 0.05) is 18.6 Å². The second-order valence-electron chi connectivity index (χ2n) is 5.70. The van der Waals surface area contributed by atoms with Gasteiger partial charge >= 0.3 is 6.03 Å². The summed E-state index contributed by atoms with van der Waals surface area (Å²) in [4.78, 5) is 25.6. The van der Waals surface area contributed by atoms with Crippen molar-refractivity contribution in [2.24, 2.45) is 11.8 Å². The van der Waals surface area contributed by atoms with Crippen LogP contribution >= 0.6 is 0 Å². The van der Waals surface area contributed by atoms with Gasteiger partial charge in [-0.2, -0.15) is 0 Å². The van der Waals surface area contributed by atoms with Crippen LogP contribution in [0.1, 0.15) is 33.6 Å². The van der Waals surface area contributed by atoms with E-state index in [4.69, 9.17) is 4.74 Å². The zero-order chi connectivity index (χ0) is 13.3. The third-order valence-corrected chi connectivity index (χ3v) is 3.81. The van der Waals surface area contributed by atoms with Crippen LogP contribution in [0.25, 0.3) is 0 Å². The third kappa shape index (κ3) is 2.51. The number of carbonyl (C=O) groups is 2. The van der Waals surface area contributed by atoms with E-state index in [1.165, 1.54) is 4.90 Å². The summed E-state index contributed by atoms with van der Waals surface area (Å²) < 4.78 is 5.33. The van der Waals surface area contributed by atoms with Gasteiger partial charge in [0.15, 0.2) is 0 Å². The Morgan fingerprint density at radius 3 is 2.67 bits per heavy atom. The highest BCUT2D eigenvalue weighted by Gasteiger charge is 2.43. The highest BCUT2D eigenvalue weighted by molar-refractivity contribution is 6.04. The molecule has 2 rings (SSSR count). The zero-order valence-electron chi connectivity index (χ0n) is 11.3. The van der Waals surface area contributed by atoms with E-state index in [1.807, 2.05) is 6.92 Å². The van der Waals surface area contributed by atoms with Crippen LogP contribution < -0.4 is 5.32 Å². The standard InChI is InChI=1S/C13H22N2O3/c1-8(2)6-11-12(16)15(13(17)14-11)9(3)10-4-5-18-7-10/h8-11H,4-7H2,1-3H3,(H,14,17). The number of rotatable bonds is 4. The molecule has 2 fully saturated rings. The van der Waals surface area contributed by atoms with E-state index in [9.17, 15) is 9.59 Å². The molecule has 5 heteroatoms. The van der Waals surface area contributed by atoms with Gasteiger partial charge < -0.3 is 10.1 Å². The minimum Gasteiger partial charge on any atom is -0.381 e. The Bertz CT molecular complexity index is 337. The summed E-state index contributed by atoms with van der Waals surface area (Å²) in [7, 11) is 0. The highest BCUT2D eigenvalue weighted by Crippen LogP contribution is 2.25. The molecule has 5 nitrogen and oxygen atoms in total. The van der Waals surface area contributed by atoms with E-state index < -0.39 is 0 Å². The fourth-order valence-electron chi connectivity index (χ4n) is 2.71. The molecule has 2 aliphatic heterocycles. The fourth-order valence-corrected chi connectivity index (χ4v) is 2.71. The lowest BCUT2D eigenvalue weighted by Gasteiger charge is -2.26. The smallest absolute Gasteiger partial charge is 0.325 e. The molecule has 0 aromatic carbocycles. The van der Waals surface area contributed by atoms with Crippen molar-refractivity contribution in [1.29, 1.82) is 0 Å². The molecule has 18 heavy (non-hydrogen) atoms. The van der Waals surface area contributed by atoms with Crippen LogP contribution in [-0.2, 0) is 9.53 Å². The van der Waals surface area contributed by atoms with E-state index in [0.717, 1.165) is 13.0 Å². The molecule has 102 valence electrons. The lowest BCUT2D eigenvalue weighted by molar-refractivity contribution is -0.129. The summed E-state index contributed by atoms with van der Waals surface area (Å²) in [6.45, 7) is 7.42. The summed E-state index contributed by atoms with van der Waals surface area (Å²) in [5.74, 6) is 0.593. The van der Waals surface area contributed by atoms with Gasteiger partial charge in [-0.25, -0.2) is 4.79 Å². The molecule has 1 N–H and O–H groups in total. The molecule has 0 aromatic rings. The maximum absolute atomic E-state index is 12.3. The van der Waals surface area contributed by atoms with E-state index in [0.29, 0.717) is 18.9 Å². The predicted octanol–water partition coefficient (Wildman–Crippen LogP) is 1.38. The Morgan fingerprint density at radius 2 is 2.11 bits per heavy atom. The first-order chi connectivity index (χ1) is 8.50. The second kappa shape index (κ2) is 5.26. The minimum absolute atomic E-state index is 0.0721. The van der Waals surface area contributed by atoms with Gasteiger partial charge in [-0.1, -0.05) is 13.8 Å². The van der Waals surface area contributed by atoms with Crippen molar-refractivity contribution in [2.75, 3.05) is 13.2 Å². The molecule has 2 heterocycles. The summed E-state index contributed by atoms with van der Waals surface area (Å²) in [6, 6.07) is -0.663. The molecular formula is C13H22N2O3. The highest BCUT2D eigenvalue weighted by atomic mass is 16.5. The van der Waals surface area contributed by atoms with Crippen molar-refractivity contribution in [1.82, 2.24) is 10.2 Å². The maximum Gasteiger partial charge on any atom is 0.325 e. The number of nitrogens with one attached hydrogen (secondary N) is 1. The topological polar surface area (TPSA) is 58.6 Å². The minimum atomic E-state index is -0.345. The average Bonchev–Trinajstić information content (AvgIpc) is 2.87.